The summed E-state index contributed by atoms with van der Waals surface area (Å²) >= 11 is 0. The Labute approximate surface area is 188 Å². The topological polar surface area (TPSA) is 60.2 Å². The van der Waals surface area contributed by atoms with Gasteiger partial charge in [-0.3, -0.25) is 10.1 Å². The van der Waals surface area contributed by atoms with Crippen LogP contribution in [0.5, 0.6) is 0 Å². The first-order valence-electron chi connectivity index (χ1n) is 9.13. The van der Waals surface area contributed by atoms with Gasteiger partial charge in [0.1, 0.15) is 33.6 Å². The third kappa shape index (κ3) is 6.19. The number of hydrogen-bond acceptors (Lipinski definition) is 3. The minimum absolute atomic E-state index is 0.0473. The summed E-state index contributed by atoms with van der Waals surface area (Å²) in [6, 6.07) is 15.5. The summed E-state index contributed by atoms with van der Waals surface area (Å²) in [5.41, 5.74) is -1.85. The van der Waals surface area contributed by atoms with Crippen LogP contribution < -0.4 is 5.46 Å². The van der Waals surface area contributed by atoms with E-state index in [1.54, 1.807) is 18.4 Å². The molecule has 0 bridgehead atoms. The molecule has 0 radical (unpaired) electrons. The minimum atomic E-state index is -6.30. The largest absolute Gasteiger partial charge is 0.515 e. The molecule has 0 heterocycles. The van der Waals surface area contributed by atoms with Crippen LogP contribution in [0, 0.1) is 39.2 Å². The lowest BCUT2D eigenvalue weighted by molar-refractivity contribution is -0.384. The van der Waals surface area contributed by atoms with Gasteiger partial charge >= 0.3 is 6.98 Å². The summed E-state index contributed by atoms with van der Waals surface area (Å²) in [5.74, 6) is -13.2. The van der Waals surface area contributed by atoms with Gasteiger partial charge < -0.3 is 12.9 Å². The van der Waals surface area contributed by atoms with Crippen LogP contribution in [0.3, 0.4) is 0 Å². The van der Waals surface area contributed by atoms with E-state index < -0.39 is 56.4 Å². The van der Waals surface area contributed by atoms with Crippen molar-refractivity contribution in [1.29, 1.82) is 0 Å². The minimum Gasteiger partial charge on any atom is -0.445 e. The molecule has 0 amide bonds. The summed E-state index contributed by atoms with van der Waals surface area (Å²) in [7, 11) is -2.17. The van der Waals surface area contributed by atoms with Gasteiger partial charge in [0, 0.05) is 17.7 Å². The summed E-state index contributed by atoms with van der Waals surface area (Å²) in [5, 5.41) is 10.6. The van der Waals surface area contributed by atoms with Crippen molar-refractivity contribution in [1.82, 2.24) is 0 Å². The number of nitro benzene ring substituents is 1. The third-order valence-electron chi connectivity index (χ3n) is 4.40. The molecule has 14 heteroatoms. The molecular weight excluding hydrogens is 497 g/mol. The maximum absolute atomic E-state index is 12.6. The molecule has 0 aliphatic carbocycles. The standard InChI is InChI=1S/C14H14NO3S.C6BF8/c1-19(18,14-5-3-2-4-6-14)11-12-7-9-13(10-8-12)15(16)17;8-2-1(7(13,14)15)3(9)5(11)6(12)4(2)10/h2-10H,11H2,1H3;/q+1;-1. The molecule has 0 fully saturated rings. The molecule has 1 unspecified atom stereocenters. The Morgan fingerprint density at radius 3 is 1.65 bits per heavy atom. The molecule has 3 aromatic rings. The summed E-state index contributed by atoms with van der Waals surface area (Å²) in [6.45, 7) is -6.30. The normalized spacial score (nSPS) is 13.0. The van der Waals surface area contributed by atoms with Crippen LogP contribution in [0.1, 0.15) is 5.56 Å². The average Bonchev–Trinajstić information content (AvgIpc) is 2.77. The molecule has 4 nitrogen and oxygen atoms in total. The van der Waals surface area contributed by atoms with Gasteiger partial charge in [-0.25, -0.2) is 22.0 Å². The van der Waals surface area contributed by atoms with E-state index in [0.29, 0.717) is 5.75 Å². The van der Waals surface area contributed by atoms with E-state index >= 15 is 0 Å². The van der Waals surface area contributed by atoms with Gasteiger partial charge in [0.25, 0.3) is 5.69 Å². The molecule has 0 N–H and O–H groups in total. The fourth-order valence-electron chi connectivity index (χ4n) is 2.73. The second-order valence-corrected chi connectivity index (χ2v) is 9.71. The molecule has 0 aromatic heterocycles. The van der Waals surface area contributed by atoms with E-state index in [1.807, 2.05) is 30.3 Å². The van der Waals surface area contributed by atoms with Crippen molar-refractivity contribution in [3.8, 4) is 0 Å². The van der Waals surface area contributed by atoms with Crippen molar-refractivity contribution in [2.45, 2.75) is 10.6 Å². The van der Waals surface area contributed by atoms with Crippen molar-refractivity contribution in [3.05, 3.63) is 99.4 Å². The summed E-state index contributed by atoms with van der Waals surface area (Å²) in [4.78, 5) is 10.9. The molecule has 3 rings (SSSR count). The molecule has 182 valence electrons. The van der Waals surface area contributed by atoms with Crippen molar-refractivity contribution >= 4 is 28.1 Å². The van der Waals surface area contributed by atoms with Gasteiger partial charge in [-0.1, -0.05) is 22.4 Å². The molecule has 0 aliphatic heterocycles. The Bertz CT molecular complexity index is 1210. The lowest BCUT2D eigenvalue weighted by Gasteiger charge is -2.17. The van der Waals surface area contributed by atoms with Gasteiger partial charge in [0.05, 0.1) is 4.92 Å². The zero-order valence-electron chi connectivity index (χ0n) is 17.1. The fraction of sp³-hybridized carbons (Fsp3) is 0.100. The van der Waals surface area contributed by atoms with Crippen molar-refractivity contribution < 1.29 is 44.0 Å². The first-order chi connectivity index (χ1) is 15.7. The van der Waals surface area contributed by atoms with Crippen molar-refractivity contribution in [2.75, 3.05) is 6.26 Å². The Morgan fingerprint density at radius 2 is 1.24 bits per heavy atom. The highest BCUT2D eigenvalue weighted by molar-refractivity contribution is 8.01. The SMILES string of the molecule is C[S+](=O)(Cc1ccc([N+](=O)[O-])cc1)c1ccccc1.Fc1c(F)c(F)c([B-](F)(F)F)c(F)c1F. The molecule has 0 aliphatic rings. The van der Waals surface area contributed by atoms with Gasteiger partial charge in [-0.15, -0.1) is 0 Å². The van der Waals surface area contributed by atoms with Crippen LogP contribution in [0.15, 0.2) is 59.5 Å². The van der Waals surface area contributed by atoms with Crippen LogP contribution >= 0.6 is 0 Å². The van der Waals surface area contributed by atoms with E-state index in [1.165, 1.54) is 12.1 Å². The highest BCUT2D eigenvalue weighted by atomic mass is 32.2. The highest BCUT2D eigenvalue weighted by Gasteiger charge is 2.37. The van der Waals surface area contributed by atoms with Gasteiger partial charge in [-0.2, -0.15) is 0 Å². The average molecular weight is 511 g/mol. The predicted molar refractivity (Wildman–Crippen MR) is 110 cm³/mol. The molecule has 1 atom stereocenters. The fourth-order valence-corrected chi connectivity index (χ4v) is 4.46. The monoisotopic (exact) mass is 511 g/mol. The number of benzene rings is 3. The van der Waals surface area contributed by atoms with Crippen LogP contribution in [-0.4, -0.2) is 18.2 Å². The molecule has 34 heavy (non-hydrogen) atoms. The first kappa shape index (κ1) is 27.0. The number of nitro groups is 1. The lowest BCUT2D eigenvalue weighted by Crippen LogP contribution is -2.41. The molecule has 3 aromatic carbocycles. The third-order valence-corrected chi connectivity index (χ3v) is 6.56. The van der Waals surface area contributed by atoms with E-state index in [-0.39, 0.29) is 5.69 Å². The van der Waals surface area contributed by atoms with Crippen LogP contribution in [0.4, 0.5) is 40.6 Å². The van der Waals surface area contributed by atoms with E-state index in [4.69, 9.17) is 0 Å². The van der Waals surface area contributed by atoms with Crippen LogP contribution in [-0.2, 0) is 19.9 Å². The van der Waals surface area contributed by atoms with Crippen LogP contribution in [0.25, 0.3) is 0 Å². The van der Waals surface area contributed by atoms with Crippen molar-refractivity contribution in [3.63, 3.8) is 0 Å². The molecule has 0 spiro atoms. The predicted octanol–water partition coefficient (Wildman–Crippen LogP) is 5.72. The molecule has 0 saturated heterocycles. The van der Waals surface area contributed by atoms with Gasteiger partial charge in [0.15, 0.2) is 22.3 Å². The summed E-state index contributed by atoms with van der Waals surface area (Å²) in [6.07, 6.45) is 1.71. The van der Waals surface area contributed by atoms with E-state index in [2.05, 4.69) is 0 Å². The van der Waals surface area contributed by atoms with Gasteiger partial charge in [0.2, 0.25) is 0 Å². The highest BCUT2D eigenvalue weighted by Crippen LogP contribution is 2.23. The first-order valence-corrected chi connectivity index (χ1v) is 11.3. The molecular formula is C20H14BF8NO3S. The second-order valence-electron chi connectivity index (χ2n) is 6.94. The smallest absolute Gasteiger partial charge is 0.445 e. The number of rotatable bonds is 5. The second kappa shape index (κ2) is 10.3. The van der Waals surface area contributed by atoms with Gasteiger partial charge in [-0.05, 0) is 29.7 Å². The zero-order valence-corrected chi connectivity index (χ0v) is 17.9. The molecule has 0 saturated carbocycles. The zero-order chi connectivity index (χ0) is 25.8. The van der Waals surface area contributed by atoms with Crippen molar-refractivity contribution in [2.24, 2.45) is 0 Å². The maximum atomic E-state index is 12.6. The Hall–Kier alpha value is -3.29. The number of hydrogen-bond donors (Lipinski definition) is 0. The summed E-state index contributed by atoms with van der Waals surface area (Å²) < 4.78 is 110. The number of nitrogens with zero attached hydrogens (tertiary/aromatic N) is 1. The Morgan fingerprint density at radius 1 is 0.794 bits per heavy atom. The van der Waals surface area contributed by atoms with E-state index in [0.717, 1.165) is 10.5 Å². The number of non-ortho nitro benzene ring substituents is 1. The van der Waals surface area contributed by atoms with Crippen LogP contribution in [0.2, 0.25) is 0 Å². The quantitative estimate of drug-likeness (QED) is 0.0838. The maximum Gasteiger partial charge on any atom is 0.515 e. The van der Waals surface area contributed by atoms with E-state index in [9.17, 15) is 49.2 Å². The Kier molecular flexibility index (Phi) is 8.19. The number of halogens is 8. The lowest BCUT2D eigenvalue weighted by atomic mass is 9.79. The Balaban J connectivity index is 0.000000248.